The van der Waals surface area contributed by atoms with Gasteiger partial charge in [0.25, 0.3) is 5.91 Å². The zero-order chi connectivity index (χ0) is 16.7. The minimum Gasteiger partial charge on any atom is -0.342 e. The molecule has 1 unspecified atom stereocenters. The van der Waals surface area contributed by atoms with Crippen LogP contribution in [0, 0.1) is 0 Å². The Morgan fingerprint density at radius 3 is 2.96 bits per heavy atom. The predicted octanol–water partition coefficient (Wildman–Crippen LogP) is 3.48. The third-order valence-corrected chi connectivity index (χ3v) is 5.15. The molecule has 3 heterocycles. The van der Waals surface area contributed by atoms with E-state index in [2.05, 4.69) is 20.4 Å². The molecule has 0 aliphatic carbocycles. The fourth-order valence-electron chi connectivity index (χ4n) is 2.41. The summed E-state index contributed by atoms with van der Waals surface area (Å²) >= 11 is 7.78. The summed E-state index contributed by atoms with van der Waals surface area (Å²) in [6, 6.07) is 9.35. The number of nitrogens with zero attached hydrogens (tertiary/aromatic N) is 4. The Hall–Kier alpha value is -2.51. The molecular weight excluding hydrogens is 346 g/mol. The van der Waals surface area contributed by atoms with E-state index in [-0.39, 0.29) is 22.7 Å². The molecule has 3 aromatic heterocycles. The Balaban J connectivity index is 1.61. The van der Waals surface area contributed by atoms with Gasteiger partial charge in [-0.25, -0.2) is 14.5 Å². The molecule has 4 aromatic rings. The lowest BCUT2D eigenvalue weighted by Gasteiger charge is -2.09. The summed E-state index contributed by atoms with van der Waals surface area (Å²) in [5.74, 6) is -0.350. The highest BCUT2D eigenvalue weighted by Crippen LogP contribution is 2.27. The van der Waals surface area contributed by atoms with Gasteiger partial charge in [0, 0.05) is 12.4 Å². The Kier molecular flexibility index (Phi) is 3.66. The van der Waals surface area contributed by atoms with Crippen LogP contribution < -0.4 is 5.32 Å². The van der Waals surface area contributed by atoms with Gasteiger partial charge in [-0.3, -0.25) is 4.79 Å². The van der Waals surface area contributed by atoms with Gasteiger partial charge in [0.1, 0.15) is 10.0 Å². The smallest absolute Gasteiger partial charge is 0.274 e. The van der Waals surface area contributed by atoms with E-state index in [9.17, 15) is 4.79 Å². The van der Waals surface area contributed by atoms with Crippen LogP contribution in [0.4, 0.5) is 0 Å². The Morgan fingerprint density at radius 2 is 2.17 bits per heavy atom. The molecule has 4 rings (SSSR count). The first-order valence-electron chi connectivity index (χ1n) is 7.28. The van der Waals surface area contributed by atoms with E-state index in [4.69, 9.17) is 11.6 Å². The van der Waals surface area contributed by atoms with E-state index >= 15 is 0 Å². The second-order valence-corrected chi connectivity index (χ2v) is 6.71. The van der Waals surface area contributed by atoms with Gasteiger partial charge in [-0.05, 0) is 25.1 Å². The highest BCUT2D eigenvalue weighted by molar-refractivity contribution is 7.18. The molecule has 1 atom stereocenters. The molecule has 0 saturated carbocycles. The standard InChI is InChI=1S/C16H12ClN5OS/c1-9(16-20-10-5-2-3-6-11(10)24-16)19-15(23)13-12(17)14-18-7-4-8-22(14)21-13/h2-9H,1H3,(H,19,23). The monoisotopic (exact) mass is 357 g/mol. The van der Waals surface area contributed by atoms with Crippen molar-refractivity contribution >= 4 is 44.7 Å². The maximum Gasteiger partial charge on any atom is 0.274 e. The fraction of sp³-hybridized carbons (Fsp3) is 0.125. The van der Waals surface area contributed by atoms with Crippen LogP contribution in [0.25, 0.3) is 15.9 Å². The fourth-order valence-corrected chi connectivity index (χ4v) is 3.63. The number of nitrogens with one attached hydrogen (secondary N) is 1. The van der Waals surface area contributed by atoms with Crippen molar-refractivity contribution in [3.63, 3.8) is 0 Å². The molecule has 1 amide bonds. The van der Waals surface area contributed by atoms with Crippen LogP contribution in [0.3, 0.4) is 0 Å². The predicted molar refractivity (Wildman–Crippen MR) is 93.5 cm³/mol. The number of carbonyl (C=O) groups is 1. The zero-order valence-electron chi connectivity index (χ0n) is 12.6. The van der Waals surface area contributed by atoms with Crippen molar-refractivity contribution < 1.29 is 4.79 Å². The normalized spacial score (nSPS) is 12.6. The number of amides is 1. The van der Waals surface area contributed by atoms with Crippen molar-refractivity contribution in [2.75, 3.05) is 0 Å². The van der Waals surface area contributed by atoms with E-state index in [1.54, 1.807) is 29.8 Å². The van der Waals surface area contributed by atoms with Crippen LogP contribution in [0.2, 0.25) is 5.02 Å². The zero-order valence-corrected chi connectivity index (χ0v) is 14.2. The van der Waals surface area contributed by atoms with Gasteiger partial charge in [0.05, 0.1) is 16.3 Å². The average molecular weight is 358 g/mol. The summed E-state index contributed by atoms with van der Waals surface area (Å²) in [5.41, 5.74) is 1.54. The summed E-state index contributed by atoms with van der Waals surface area (Å²) in [6.45, 7) is 1.89. The third-order valence-electron chi connectivity index (χ3n) is 3.58. The number of para-hydroxylation sites is 1. The number of thiazole rings is 1. The molecule has 120 valence electrons. The van der Waals surface area contributed by atoms with Crippen molar-refractivity contribution in [1.29, 1.82) is 0 Å². The molecule has 1 aromatic carbocycles. The molecule has 0 spiro atoms. The van der Waals surface area contributed by atoms with Crippen molar-refractivity contribution in [3.05, 3.63) is 58.4 Å². The Bertz CT molecular complexity index is 1020. The maximum absolute atomic E-state index is 12.5. The minimum absolute atomic E-state index is 0.156. The number of aromatic nitrogens is 4. The molecule has 0 radical (unpaired) electrons. The van der Waals surface area contributed by atoms with Crippen LogP contribution >= 0.6 is 22.9 Å². The van der Waals surface area contributed by atoms with Gasteiger partial charge in [-0.2, -0.15) is 5.10 Å². The number of hydrogen-bond donors (Lipinski definition) is 1. The van der Waals surface area contributed by atoms with Crippen LogP contribution in [0.1, 0.15) is 28.5 Å². The van der Waals surface area contributed by atoms with Crippen LogP contribution in [0.15, 0.2) is 42.7 Å². The first-order chi connectivity index (χ1) is 11.6. The largest absolute Gasteiger partial charge is 0.342 e. The molecule has 0 aliphatic rings. The van der Waals surface area contributed by atoms with Gasteiger partial charge >= 0.3 is 0 Å². The second kappa shape index (κ2) is 5.85. The first kappa shape index (κ1) is 15.0. The summed E-state index contributed by atoms with van der Waals surface area (Å²) in [5, 5.41) is 8.17. The Labute approximate surface area is 146 Å². The number of carbonyl (C=O) groups excluding carboxylic acids is 1. The van der Waals surface area contributed by atoms with E-state index in [0.717, 1.165) is 15.2 Å². The van der Waals surface area contributed by atoms with Crippen LogP contribution in [0.5, 0.6) is 0 Å². The lowest BCUT2D eigenvalue weighted by Crippen LogP contribution is -2.27. The molecule has 24 heavy (non-hydrogen) atoms. The number of rotatable bonds is 3. The summed E-state index contributed by atoms with van der Waals surface area (Å²) in [6.07, 6.45) is 3.30. The highest BCUT2D eigenvalue weighted by Gasteiger charge is 2.21. The second-order valence-electron chi connectivity index (χ2n) is 5.27. The van der Waals surface area contributed by atoms with Crippen molar-refractivity contribution in [2.24, 2.45) is 0 Å². The molecule has 0 aliphatic heterocycles. The average Bonchev–Trinajstić information content (AvgIpc) is 3.17. The van der Waals surface area contributed by atoms with Crippen LogP contribution in [-0.2, 0) is 0 Å². The summed E-state index contributed by atoms with van der Waals surface area (Å²) in [4.78, 5) is 21.2. The minimum atomic E-state index is -0.350. The molecule has 1 N–H and O–H groups in total. The summed E-state index contributed by atoms with van der Waals surface area (Å²) < 4.78 is 2.57. The van der Waals surface area contributed by atoms with Crippen molar-refractivity contribution in [3.8, 4) is 0 Å². The van der Waals surface area contributed by atoms with Gasteiger partial charge in [-0.1, -0.05) is 23.7 Å². The molecule has 0 fully saturated rings. The molecule has 8 heteroatoms. The number of benzene rings is 1. The van der Waals surface area contributed by atoms with Crippen molar-refractivity contribution in [2.45, 2.75) is 13.0 Å². The van der Waals surface area contributed by atoms with E-state index < -0.39 is 0 Å². The van der Waals surface area contributed by atoms with E-state index in [1.165, 1.54) is 4.52 Å². The third kappa shape index (κ3) is 2.51. The van der Waals surface area contributed by atoms with Gasteiger partial charge < -0.3 is 5.32 Å². The van der Waals surface area contributed by atoms with E-state index in [0.29, 0.717) is 5.65 Å². The van der Waals surface area contributed by atoms with E-state index in [1.807, 2.05) is 31.2 Å². The number of fused-ring (bicyclic) bond motifs is 2. The topological polar surface area (TPSA) is 72.2 Å². The first-order valence-corrected chi connectivity index (χ1v) is 8.48. The Morgan fingerprint density at radius 1 is 1.33 bits per heavy atom. The molecular formula is C16H12ClN5OS. The highest BCUT2D eigenvalue weighted by atomic mass is 35.5. The SMILES string of the molecule is CC(NC(=O)c1nn2cccnc2c1Cl)c1nc2ccccc2s1. The number of halogens is 1. The lowest BCUT2D eigenvalue weighted by molar-refractivity contribution is 0.0934. The quantitative estimate of drug-likeness (QED) is 0.609. The van der Waals surface area contributed by atoms with Gasteiger partial charge in [0.15, 0.2) is 11.3 Å². The molecule has 0 bridgehead atoms. The van der Waals surface area contributed by atoms with Gasteiger partial charge in [-0.15, -0.1) is 11.3 Å². The molecule has 0 saturated heterocycles. The van der Waals surface area contributed by atoms with Crippen LogP contribution in [-0.4, -0.2) is 25.5 Å². The van der Waals surface area contributed by atoms with Crippen molar-refractivity contribution in [1.82, 2.24) is 24.9 Å². The van der Waals surface area contributed by atoms with Gasteiger partial charge in [0.2, 0.25) is 0 Å². The molecule has 6 nitrogen and oxygen atoms in total. The lowest BCUT2D eigenvalue weighted by atomic mass is 10.3. The number of hydrogen-bond acceptors (Lipinski definition) is 5. The maximum atomic E-state index is 12.5. The summed E-state index contributed by atoms with van der Waals surface area (Å²) in [7, 11) is 0.